The van der Waals surface area contributed by atoms with E-state index in [0.717, 1.165) is 29.1 Å². The molecule has 1 atom stereocenters. The number of hydrogen-bond donors (Lipinski definition) is 2. The predicted octanol–water partition coefficient (Wildman–Crippen LogP) is 4.52. The highest BCUT2D eigenvalue weighted by Gasteiger charge is 2.16. The Morgan fingerprint density at radius 1 is 1.25 bits per heavy atom. The van der Waals surface area contributed by atoms with E-state index < -0.39 is 17.6 Å². The lowest BCUT2D eigenvalue weighted by Crippen LogP contribution is -2.26. The summed E-state index contributed by atoms with van der Waals surface area (Å²) < 4.78 is 15.5. The monoisotopic (exact) mass is 381 g/mol. The van der Waals surface area contributed by atoms with Crippen LogP contribution in [0.15, 0.2) is 42.5 Å². The van der Waals surface area contributed by atoms with Gasteiger partial charge in [-0.3, -0.25) is 9.48 Å². The van der Waals surface area contributed by atoms with Gasteiger partial charge < -0.3 is 10.4 Å². The second kappa shape index (κ2) is 7.84. The molecule has 6 heteroatoms. The molecule has 0 saturated heterocycles. The standard InChI is InChI=1S/C22H24FN3O2/c1-5-26-15(4)21(14(3)25-26)17-7-6-8-18(11-17)22(28)24-13(2)16-9-10-20(27)19(23)12-16/h6-13,27H,5H2,1-4H3,(H,24,28)/t13-/m1/s1. The predicted molar refractivity (Wildman–Crippen MR) is 107 cm³/mol. The molecule has 1 amide bonds. The lowest BCUT2D eigenvalue weighted by atomic mass is 10.0. The highest BCUT2D eigenvalue weighted by Crippen LogP contribution is 2.28. The van der Waals surface area contributed by atoms with Gasteiger partial charge >= 0.3 is 0 Å². The van der Waals surface area contributed by atoms with Crippen molar-refractivity contribution in [2.75, 3.05) is 0 Å². The SMILES string of the molecule is CCn1nc(C)c(-c2cccc(C(=O)N[C@H](C)c3ccc(O)c(F)c3)c2)c1C. The van der Waals surface area contributed by atoms with E-state index in [4.69, 9.17) is 0 Å². The third kappa shape index (κ3) is 3.76. The van der Waals surface area contributed by atoms with E-state index in [-0.39, 0.29) is 5.91 Å². The number of aryl methyl sites for hydroxylation is 2. The number of rotatable bonds is 5. The van der Waals surface area contributed by atoms with Crippen LogP contribution >= 0.6 is 0 Å². The van der Waals surface area contributed by atoms with E-state index in [1.807, 2.05) is 43.7 Å². The number of halogens is 1. The number of carbonyl (C=O) groups excluding carboxylic acids is 1. The molecule has 2 aromatic carbocycles. The van der Waals surface area contributed by atoms with E-state index in [9.17, 15) is 14.3 Å². The van der Waals surface area contributed by atoms with E-state index in [0.29, 0.717) is 11.1 Å². The fourth-order valence-electron chi connectivity index (χ4n) is 3.39. The zero-order valence-corrected chi connectivity index (χ0v) is 16.5. The highest BCUT2D eigenvalue weighted by atomic mass is 19.1. The molecular weight excluding hydrogens is 357 g/mol. The first-order chi connectivity index (χ1) is 13.3. The zero-order valence-electron chi connectivity index (χ0n) is 16.5. The molecule has 1 aromatic heterocycles. The van der Waals surface area contributed by atoms with Gasteiger partial charge in [-0.2, -0.15) is 5.10 Å². The molecule has 28 heavy (non-hydrogen) atoms. The van der Waals surface area contributed by atoms with Crippen LogP contribution in [0.4, 0.5) is 4.39 Å². The Balaban J connectivity index is 1.84. The fourth-order valence-corrected chi connectivity index (χ4v) is 3.39. The normalized spacial score (nSPS) is 12.0. The maximum Gasteiger partial charge on any atom is 0.251 e. The van der Waals surface area contributed by atoms with Crippen molar-refractivity contribution in [2.45, 2.75) is 40.3 Å². The number of amides is 1. The van der Waals surface area contributed by atoms with Gasteiger partial charge in [0, 0.05) is 23.4 Å². The van der Waals surface area contributed by atoms with Crippen molar-refractivity contribution in [3.8, 4) is 16.9 Å². The third-order valence-electron chi connectivity index (χ3n) is 4.91. The molecule has 5 nitrogen and oxygen atoms in total. The summed E-state index contributed by atoms with van der Waals surface area (Å²) >= 11 is 0. The van der Waals surface area contributed by atoms with Crippen LogP contribution in [0.25, 0.3) is 11.1 Å². The molecule has 146 valence electrons. The molecule has 0 bridgehead atoms. The third-order valence-corrected chi connectivity index (χ3v) is 4.91. The summed E-state index contributed by atoms with van der Waals surface area (Å²) in [4.78, 5) is 12.7. The van der Waals surface area contributed by atoms with E-state index in [1.165, 1.54) is 12.1 Å². The number of hydrogen-bond acceptors (Lipinski definition) is 3. The quantitative estimate of drug-likeness (QED) is 0.683. The van der Waals surface area contributed by atoms with Crippen LogP contribution in [0.3, 0.4) is 0 Å². The minimum absolute atomic E-state index is 0.249. The van der Waals surface area contributed by atoms with Crippen molar-refractivity contribution in [2.24, 2.45) is 0 Å². The minimum atomic E-state index is -0.709. The van der Waals surface area contributed by atoms with Crippen molar-refractivity contribution >= 4 is 5.91 Å². The lowest BCUT2D eigenvalue weighted by molar-refractivity contribution is 0.0940. The molecule has 0 aliphatic rings. The Morgan fingerprint density at radius 2 is 2.00 bits per heavy atom. The highest BCUT2D eigenvalue weighted by molar-refractivity contribution is 5.95. The van der Waals surface area contributed by atoms with Crippen LogP contribution in [-0.4, -0.2) is 20.8 Å². The van der Waals surface area contributed by atoms with E-state index in [1.54, 1.807) is 19.1 Å². The molecule has 3 rings (SSSR count). The van der Waals surface area contributed by atoms with Crippen molar-refractivity contribution in [1.82, 2.24) is 15.1 Å². The molecule has 1 heterocycles. The summed E-state index contributed by atoms with van der Waals surface area (Å²) in [5.74, 6) is -1.37. The molecule has 0 unspecified atom stereocenters. The smallest absolute Gasteiger partial charge is 0.251 e. The van der Waals surface area contributed by atoms with E-state index >= 15 is 0 Å². The summed E-state index contributed by atoms with van der Waals surface area (Å²) in [6.07, 6.45) is 0. The molecule has 0 radical (unpaired) electrons. The number of benzene rings is 2. The molecule has 3 aromatic rings. The average Bonchev–Trinajstić information content (AvgIpc) is 2.97. The van der Waals surface area contributed by atoms with Gasteiger partial charge in [0.2, 0.25) is 0 Å². The molecule has 2 N–H and O–H groups in total. The summed E-state index contributed by atoms with van der Waals surface area (Å²) in [5, 5.41) is 16.7. The number of carbonyl (C=O) groups is 1. The number of aromatic hydroxyl groups is 1. The maximum atomic E-state index is 13.6. The second-order valence-corrected chi connectivity index (χ2v) is 6.85. The molecule has 0 saturated carbocycles. The number of nitrogens with zero attached hydrogens (tertiary/aromatic N) is 2. The van der Waals surface area contributed by atoms with Crippen molar-refractivity contribution in [3.05, 3.63) is 70.8 Å². The Bertz CT molecular complexity index is 1030. The van der Waals surface area contributed by atoms with Crippen molar-refractivity contribution < 1.29 is 14.3 Å². The van der Waals surface area contributed by atoms with Crippen LogP contribution in [0.2, 0.25) is 0 Å². The molecule has 0 aliphatic heterocycles. The van der Waals surface area contributed by atoms with Gasteiger partial charge in [-0.25, -0.2) is 4.39 Å². The molecule has 0 aliphatic carbocycles. The largest absolute Gasteiger partial charge is 0.505 e. The van der Waals surface area contributed by atoms with Gasteiger partial charge in [0.05, 0.1) is 11.7 Å². The Morgan fingerprint density at radius 3 is 2.64 bits per heavy atom. The van der Waals surface area contributed by atoms with Gasteiger partial charge in [-0.15, -0.1) is 0 Å². The van der Waals surface area contributed by atoms with Crippen LogP contribution in [-0.2, 0) is 6.54 Å². The lowest BCUT2D eigenvalue weighted by Gasteiger charge is -2.15. The van der Waals surface area contributed by atoms with E-state index in [2.05, 4.69) is 10.4 Å². The molecule has 0 spiro atoms. The molecular formula is C22H24FN3O2. The van der Waals surface area contributed by atoms with Crippen LogP contribution in [0, 0.1) is 19.7 Å². The number of phenolic OH excluding ortho intramolecular Hbond substituents is 1. The van der Waals surface area contributed by atoms with Crippen molar-refractivity contribution in [1.29, 1.82) is 0 Å². The summed E-state index contributed by atoms with van der Waals surface area (Å²) in [6.45, 7) is 8.58. The summed E-state index contributed by atoms with van der Waals surface area (Å²) in [6, 6.07) is 11.1. The topological polar surface area (TPSA) is 67.2 Å². The Hall–Kier alpha value is -3.15. The van der Waals surface area contributed by atoms with Gasteiger partial charge in [-0.1, -0.05) is 18.2 Å². The number of nitrogens with one attached hydrogen (secondary N) is 1. The van der Waals surface area contributed by atoms with Crippen LogP contribution < -0.4 is 5.32 Å². The van der Waals surface area contributed by atoms with Gasteiger partial charge in [0.15, 0.2) is 11.6 Å². The first-order valence-corrected chi connectivity index (χ1v) is 9.25. The summed E-state index contributed by atoms with van der Waals surface area (Å²) in [5.41, 5.74) is 5.05. The van der Waals surface area contributed by atoms with Gasteiger partial charge in [0.1, 0.15) is 0 Å². The average molecular weight is 381 g/mol. The Labute approximate surface area is 163 Å². The van der Waals surface area contributed by atoms with Gasteiger partial charge in [-0.05, 0) is 63.1 Å². The number of phenols is 1. The fraction of sp³-hybridized carbons (Fsp3) is 0.273. The zero-order chi connectivity index (χ0) is 20.4. The summed E-state index contributed by atoms with van der Waals surface area (Å²) in [7, 11) is 0. The first-order valence-electron chi connectivity index (χ1n) is 9.25. The maximum absolute atomic E-state index is 13.6. The Kier molecular flexibility index (Phi) is 5.49. The molecule has 0 fully saturated rings. The van der Waals surface area contributed by atoms with Crippen molar-refractivity contribution in [3.63, 3.8) is 0 Å². The first kappa shape index (κ1) is 19.6. The minimum Gasteiger partial charge on any atom is -0.505 e. The van der Waals surface area contributed by atoms with Crippen LogP contribution in [0.5, 0.6) is 5.75 Å². The van der Waals surface area contributed by atoms with Crippen LogP contribution in [0.1, 0.15) is 47.2 Å². The van der Waals surface area contributed by atoms with Gasteiger partial charge in [0.25, 0.3) is 5.91 Å². The second-order valence-electron chi connectivity index (χ2n) is 6.85. The number of aromatic nitrogens is 2.